The molecule has 0 bridgehead atoms. The largest absolute Gasteiger partial charge is 0.381 e. The fourth-order valence-electron chi connectivity index (χ4n) is 1.69. The summed E-state index contributed by atoms with van der Waals surface area (Å²) < 4.78 is 5.27. The molecule has 0 atom stereocenters. The van der Waals surface area contributed by atoms with Crippen molar-refractivity contribution >= 4 is 17.4 Å². The smallest absolute Gasteiger partial charge is 0.132 e. The summed E-state index contributed by atoms with van der Waals surface area (Å²) in [7, 11) is 0. The molecule has 1 fully saturated rings. The van der Waals surface area contributed by atoms with Gasteiger partial charge in [-0.05, 0) is 25.0 Å². The molecule has 1 aromatic rings. The van der Waals surface area contributed by atoms with Crippen molar-refractivity contribution in [2.24, 2.45) is 0 Å². The molecule has 5 heteroatoms. The van der Waals surface area contributed by atoms with Crippen molar-refractivity contribution in [3.8, 4) is 6.07 Å². The van der Waals surface area contributed by atoms with Crippen LogP contribution >= 0.6 is 11.6 Å². The van der Waals surface area contributed by atoms with E-state index in [1.54, 1.807) is 12.1 Å². The Morgan fingerprint density at radius 2 is 2.19 bits per heavy atom. The van der Waals surface area contributed by atoms with Crippen LogP contribution in [0.2, 0.25) is 5.15 Å². The van der Waals surface area contributed by atoms with Crippen LogP contribution < -0.4 is 5.32 Å². The monoisotopic (exact) mass is 237 g/mol. The average Bonchev–Trinajstić information content (AvgIpc) is 2.29. The van der Waals surface area contributed by atoms with Crippen LogP contribution in [0.25, 0.3) is 0 Å². The van der Waals surface area contributed by atoms with Gasteiger partial charge in [-0.15, -0.1) is 0 Å². The van der Waals surface area contributed by atoms with Crippen LogP contribution in [0.1, 0.15) is 18.4 Å². The highest BCUT2D eigenvalue weighted by Gasteiger charge is 2.14. The lowest BCUT2D eigenvalue weighted by Crippen LogP contribution is -2.28. The van der Waals surface area contributed by atoms with E-state index in [2.05, 4.69) is 16.4 Å². The number of nitrogens with one attached hydrogen (secondary N) is 1. The van der Waals surface area contributed by atoms with Gasteiger partial charge in [-0.2, -0.15) is 5.26 Å². The van der Waals surface area contributed by atoms with Crippen LogP contribution in [0.4, 0.5) is 5.82 Å². The minimum atomic E-state index is 0.341. The van der Waals surface area contributed by atoms with Gasteiger partial charge in [0, 0.05) is 19.3 Å². The molecule has 1 saturated heterocycles. The zero-order chi connectivity index (χ0) is 11.4. The van der Waals surface area contributed by atoms with Crippen LogP contribution in [-0.4, -0.2) is 24.2 Å². The Labute approximate surface area is 99.2 Å². The van der Waals surface area contributed by atoms with Crippen LogP contribution in [0.3, 0.4) is 0 Å². The molecule has 2 heterocycles. The maximum atomic E-state index is 8.81. The predicted molar refractivity (Wildman–Crippen MR) is 61.4 cm³/mol. The fourth-order valence-corrected chi connectivity index (χ4v) is 1.90. The van der Waals surface area contributed by atoms with Gasteiger partial charge >= 0.3 is 0 Å². The molecule has 0 radical (unpaired) electrons. The molecule has 1 aromatic heterocycles. The van der Waals surface area contributed by atoms with Crippen LogP contribution in [0.15, 0.2) is 12.1 Å². The zero-order valence-corrected chi connectivity index (χ0v) is 9.50. The summed E-state index contributed by atoms with van der Waals surface area (Å²) in [4.78, 5) is 4.14. The Bertz CT molecular complexity index is 410. The normalized spacial score (nSPS) is 16.8. The van der Waals surface area contributed by atoms with Crippen molar-refractivity contribution < 1.29 is 4.74 Å². The summed E-state index contributed by atoms with van der Waals surface area (Å²) in [6.45, 7) is 1.53. The first-order valence-corrected chi connectivity index (χ1v) is 5.57. The van der Waals surface area contributed by atoms with E-state index in [-0.39, 0.29) is 0 Å². The number of nitriles is 1. The van der Waals surface area contributed by atoms with E-state index in [4.69, 9.17) is 21.6 Å². The number of pyridine rings is 1. The summed E-state index contributed by atoms with van der Waals surface area (Å²) >= 11 is 5.82. The van der Waals surface area contributed by atoms with E-state index >= 15 is 0 Å². The van der Waals surface area contributed by atoms with E-state index in [0.29, 0.717) is 22.6 Å². The first-order chi connectivity index (χ1) is 7.78. The molecule has 1 aliphatic rings. The van der Waals surface area contributed by atoms with Crippen molar-refractivity contribution in [3.63, 3.8) is 0 Å². The third-order valence-corrected chi connectivity index (χ3v) is 2.69. The summed E-state index contributed by atoms with van der Waals surface area (Å²) in [6.07, 6.45) is 1.91. The van der Waals surface area contributed by atoms with E-state index in [9.17, 15) is 0 Å². The molecule has 0 amide bonds. The Morgan fingerprint density at radius 3 is 2.88 bits per heavy atom. The van der Waals surface area contributed by atoms with E-state index in [1.807, 2.05) is 0 Å². The van der Waals surface area contributed by atoms with Gasteiger partial charge in [0.2, 0.25) is 0 Å². The molecule has 16 heavy (non-hydrogen) atoms. The van der Waals surface area contributed by atoms with Gasteiger partial charge < -0.3 is 10.1 Å². The van der Waals surface area contributed by atoms with Crippen molar-refractivity contribution in [3.05, 3.63) is 22.8 Å². The molecule has 84 valence electrons. The van der Waals surface area contributed by atoms with E-state index in [1.165, 1.54) is 0 Å². The molecular formula is C11H12ClN3O. The number of anilines is 1. The van der Waals surface area contributed by atoms with Crippen molar-refractivity contribution in [1.82, 2.24) is 4.98 Å². The molecule has 1 aliphatic heterocycles. The molecule has 0 saturated carbocycles. The molecular weight excluding hydrogens is 226 g/mol. The third kappa shape index (κ3) is 2.84. The number of halogens is 1. The van der Waals surface area contributed by atoms with Gasteiger partial charge in [0.05, 0.1) is 11.6 Å². The summed E-state index contributed by atoms with van der Waals surface area (Å²) in [5.74, 6) is 0.663. The molecule has 1 N–H and O–H groups in total. The maximum absolute atomic E-state index is 8.81. The SMILES string of the molecule is N#Cc1cc(Cl)nc(NC2CCOCC2)c1. The number of aromatic nitrogens is 1. The van der Waals surface area contributed by atoms with Gasteiger partial charge in [0.1, 0.15) is 11.0 Å². The molecule has 0 spiro atoms. The predicted octanol–water partition coefficient (Wildman–Crippen LogP) is 2.20. The van der Waals surface area contributed by atoms with Gasteiger partial charge in [0.15, 0.2) is 0 Å². The topological polar surface area (TPSA) is 57.9 Å². The third-order valence-electron chi connectivity index (χ3n) is 2.50. The van der Waals surface area contributed by atoms with Crippen LogP contribution in [-0.2, 0) is 4.74 Å². The van der Waals surface area contributed by atoms with Gasteiger partial charge in [-0.1, -0.05) is 11.6 Å². The number of rotatable bonds is 2. The first kappa shape index (κ1) is 11.2. The van der Waals surface area contributed by atoms with Crippen LogP contribution in [0.5, 0.6) is 0 Å². The molecule has 2 rings (SSSR count). The standard InChI is InChI=1S/C11H12ClN3O/c12-10-5-8(7-13)6-11(15-10)14-9-1-3-16-4-2-9/h5-6,9H,1-4H2,(H,14,15). The second-order valence-electron chi connectivity index (χ2n) is 3.71. The van der Waals surface area contributed by atoms with Crippen LogP contribution in [0, 0.1) is 11.3 Å². The molecule has 0 aromatic carbocycles. The fraction of sp³-hybridized carbons (Fsp3) is 0.455. The first-order valence-electron chi connectivity index (χ1n) is 5.20. The second kappa shape index (κ2) is 5.15. The highest BCUT2D eigenvalue weighted by atomic mass is 35.5. The Balaban J connectivity index is 2.08. The maximum Gasteiger partial charge on any atom is 0.132 e. The lowest BCUT2D eigenvalue weighted by Gasteiger charge is -2.23. The number of hydrogen-bond donors (Lipinski definition) is 1. The average molecular weight is 238 g/mol. The highest BCUT2D eigenvalue weighted by molar-refractivity contribution is 6.29. The quantitative estimate of drug-likeness (QED) is 0.802. The molecule has 0 unspecified atom stereocenters. The van der Waals surface area contributed by atoms with Crippen molar-refractivity contribution in [2.45, 2.75) is 18.9 Å². The Kier molecular flexibility index (Phi) is 3.60. The highest BCUT2D eigenvalue weighted by Crippen LogP contribution is 2.17. The number of hydrogen-bond acceptors (Lipinski definition) is 4. The van der Waals surface area contributed by atoms with Gasteiger partial charge in [-0.3, -0.25) is 0 Å². The summed E-state index contributed by atoms with van der Waals surface area (Å²) in [6, 6.07) is 5.67. The lowest BCUT2D eigenvalue weighted by molar-refractivity contribution is 0.0904. The minimum absolute atomic E-state index is 0.341. The van der Waals surface area contributed by atoms with Gasteiger partial charge in [0.25, 0.3) is 0 Å². The Hall–Kier alpha value is -1.31. The van der Waals surface area contributed by atoms with Gasteiger partial charge in [-0.25, -0.2) is 4.98 Å². The van der Waals surface area contributed by atoms with Crippen molar-refractivity contribution in [2.75, 3.05) is 18.5 Å². The van der Waals surface area contributed by atoms with Crippen molar-refractivity contribution in [1.29, 1.82) is 5.26 Å². The minimum Gasteiger partial charge on any atom is -0.381 e. The zero-order valence-electron chi connectivity index (χ0n) is 8.74. The number of nitrogens with zero attached hydrogens (tertiary/aromatic N) is 2. The lowest BCUT2D eigenvalue weighted by atomic mass is 10.1. The van der Waals surface area contributed by atoms with E-state index < -0.39 is 0 Å². The summed E-state index contributed by atoms with van der Waals surface area (Å²) in [5.41, 5.74) is 0.523. The molecule has 0 aliphatic carbocycles. The second-order valence-corrected chi connectivity index (χ2v) is 4.09. The summed E-state index contributed by atoms with van der Waals surface area (Å²) in [5, 5.41) is 12.4. The van der Waals surface area contributed by atoms with E-state index in [0.717, 1.165) is 26.1 Å². The number of ether oxygens (including phenoxy) is 1. The molecule has 4 nitrogen and oxygen atoms in total. The Morgan fingerprint density at radius 1 is 1.44 bits per heavy atom.